The van der Waals surface area contributed by atoms with E-state index in [1.165, 1.54) is 41.7 Å². The third-order valence-electron chi connectivity index (χ3n) is 5.80. The molecule has 0 atom stereocenters. The van der Waals surface area contributed by atoms with Crippen molar-refractivity contribution >= 4 is 44.8 Å². The molecule has 0 saturated carbocycles. The molecule has 3 amide bonds. The van der Waals surface area contributed by atoms with E-state index in [0.29, 0.717) is 5.01 Å². The van der Waals surface area contributed by atoms with E-state index in [9.17, 15) is 22.8 Å². The second kappa shape index (κ2) is 10.1. The number of amides is 3. The van der Waals surface area contributed by atoms with Crippen LogP contribution in [0, 0.1) is 0 Å². The normalized spacial score (nSPS) is 13.4. The quantitative estimate of drug-likeness (QED) is 0.331. The predicted octanol–water partition coefficient (Wildman–Crippen LogP) is 3.73. The van der Waals surface area contributed by atoms with Crippen molar-refractivity contribution < 1.29 is 27.5 Å². The fourth-order valence-corrected chi connectivity index (χ4v) is 6.49. The number of carbonyl (C=O) groups is 3. The van der Waals surface area contributed by atoms with Crippen LogP contribution in [0.3, 0.4) is 0 Å². The Morgan fingerprint density at radius 2 is 1.74 bits per heavy atom. The van der Waals surface area contributed by atoms with Crippen molar-refractivity contribution in [2.45, 2.75) is 22.9 Å². The van der Waals surface area contributed by atoms with E-state index in [4.69, 9.17) is 10.5 Å². The zero-order chi connectivity index (χ0) is 26.9. The second-order valence-corrected chi connectivity index (χ2v) is 11.2. The van der Waals surface area contributed by atoms with Crippen LogP contribution in [-0.2, 0) is 27.7 Å². The fourth-order valence-electron chi connectivity index (χ4n) is 3.99. The number of carbonyl (C=O) groups excluding carboxylic acids is 3. The molecule has 0 aliphatic carbocycles. The number of nitrogens with two attached hydrogens (primary N) is 1. The molecule has 3 aromatic carbocycles. The number of sulfone groups is 1. The van der Waals surface area contributed by atoms with Crippen molar-refractivity contribution in [3.05, 3.63) is 94.5 Å². The van der Waals surface area contributed by atoms with Gasteiger partial charge in [0.15, 0.2) is 0 Å². The Hall–Kier alpha value is -4.55. The maximum absolute atomic E-state index is 13.1. The van der Waals surface area contributed by atoms with Crippen molar-refractivity contribution in [1.29, 1.82) is 0 Å². The number of rotatable bonds is 6. The minimum atomic E-state index is -3.96. The van der Waals surface area contributed by atoms with Gasteiger partial charge in [-0.25, -0.2) is 18.2 Å². The SMILES string of the molecule is NC(=O)OCc1ccccc1-c1ncc(CNC(=O)c2ccc3c(c2)NC(=O)c2ccccc2S3(=O)=O)s1. The molecule has 2 heterocycles. The van der Waals surface area contributed by atoms with Crippen LogP contribution < -0.4 is 16.4 Å². The predicted molar refractivity (Wildman–Crippen MR) is 139 cm³/mol. The summed E-state index contributed by atoms with van der Waals surface area (Å²) in [7, 11) is -3.96. The molecule has 0 saturated heterocycles. The number of fused-ring (bicyclic) bond motifs is 2. The Morgan fingerprint density at radius 3 is 2.53 bits per heavy atom. The fraction of sp³-hybridized carbons (Fsp3) is 0.0769. The highest BCUT2D eigenvalue weighted by atomic mass is 32.2. The summed E-state index contributed by atoms with van der Waals surface area (Å²) in [6, 6.07) is 17.3. The maximum Gasteiger partial charge on any atom is 0.404 e. The highest BCUT2D eigenvalue weighted by Crippen LogP contribution is 2.34. The lowest BCUT2D eigenvalue weighted by molar-refractivity contribution is 0.0949. The third-order valence-corrected chi connectivity index (χ3v) is 8.70. The van der Waals surface area contributed by atoms with Crippen LogP contribution in [0.2, 0.25) is 0 Å². The van der Waals surface area contributed by atoms with Crippen LogP contribution in [0.4, 0.5) is 10.5 Å². The number of ether oxygens (including phenoxy) is 1. The first-order valence-electron chi connectivity index (χ1n) is 11.3. The van der Waals surface area contributed by atoms with E-state index in [-0.39, 0.29) is 39.8 Å². The average molecular weight is 549 g/mol. The summed E-state index contributed by atoms with van der Waals surface area (Å²) >= 11 is 1.36. The van der Waals surface area contributed by atoms with E-state index in [1.54, 1.807) is 24.4 Å². The minimum Gasteiger partial charge on any atom is -0.445 e. The molecule has 38 heavy (non-hydrogen) atoms. The summed E-state index contributed by atoms with van der Waals surface area (Å²) in [6.45, 7) is 0.177. The van der Waals surface area contributed by atoms with Gasteiger partial charge in [-0.3, -0.25) is 9.59 Å². The Labute approximate surface area is 221 Å². The van der Waals surface area contributed by atoms with Crippen LogP contribution in [0.5, 0.6) is 0 Å². The molecule has 4 aromatic rings. The summed E-state index contributed by atoms with van der Waals surface area (Å²) in [4.78, 5) is 41.5. The minimum absolute atomic E-state index is 0.00677. The van der Waals surface area contributed by atoms with E-state index in [1.807, 2.05) is 18.2 Å². The summed E-state index contributed by atoms with van der Waals surface area (Å²) < 4.78 is 31.2. The molecule has 0 radical (unpaired) electrons. The van der Waals surface area contributed by atoms with Crippen molar-refractivity contribution in [2.24, 2.45) is 5.73 Å². The van der Waals surface area contributed by atoms with Crippen LogP contribution in [0.15, 0.2) is 82.7 Å². The number of anilines is 1. The van der Waals surface area contributed by atoms with E-state index >= 15 is 0 Å². The highest BCUT2D eigenvalue weighted by molar-refractivity contribution is 7.91. The zero-order valence-electron chi connectivity index (χ0n) is 19.6. The lowest BCUT2D eigenvalue weighted by Crippen LogP contribution is -2.22. The Morgan fingerprint density at radius 1 is 1.00 bits per heavy atom. The standard InChI is InChI=1S/C26H20N4O6S2/c27-26(33)36-14-16-5-1-2-6-18(16)25-29-13-17(37-25)12-28-23(31)15-9-10-22-20(11-15)30-24(32)19-7-3-4-8-21(19)38(22,34)35/h1-11,13H,12,14H2,(H2,27,33)(H,28,31)(H,30,32). The van der Waals surface area contributed by atoms with E-state index in [0.717, 1.165) is 16.0 Å². The van der Waals surface area contributed by atoms with Gasteiger partial charge >= 0.3 is 6.09 Å². The average Bonchev–Trinajstić information content (AvgIpc) is 3.36. The van der Waals surface area contributed by atoms with Gasteiger partial charge in [0, 0.05) is 22.2 Å². The van der Waals surface area contributed by atoms with Gasteiger partial charge in [0.05, 0.1) is 27.6 Å². The summed E-state index contributed by atoms with van der Waals surface area (Å²) in [5, 5.41) is 6.07. The van der Waals surface area contributed by atoms with Gasteiger partial charge in [-0.15, -0.1) is 11.3 Å². The van der Waals surface area contributed by atoms with Gasteiger partial charge in [-0.2, -0.15) is 0 Å². The molecular weight excluding hydrogens is 528 g/mol. The number of hydrogen-bond acceptors (Lipinski definition) is 8. The number of hydrogen-bond donors (Lipinski definition) is 3. The molecule has 5 rings (SSSR count). The molecule has 1 aromatic heterocycles. The molecule has 10 nitrogen and oxygen atoms in total. The van der Waals surface area contributed by atoms with Crippen molar-refractivity contribution in [3.63, 3.8) is 0 Å². The largest absolute Gasteiger partial charge is 0.445 e. The number of nitrogens with one attached hydrogen (secondary N) is 2. The maximum atomic E-state index is 13.1. The topological polar surface area (TPSA) is 158 Å². The smallest absolute Gasteiger partial charge is 0.404 e. The number of primary amides is 1. The summed E-state index contributed by atoms with van der Waals surface area (Å²) in [5.74, 6) is -1.02. The van der Waals surface area contributed by atoms with E-state index < -0.39 is 27.7 Å². The molecule has 192 valence electrons. The molecular formula is C26H20N4O6S2. The van der Waals surface area contributed by atoms with Crippen molar-refractivity contribution in [1.82, 2.24) is 10.3 Å². The monoisotopic (exact) mass is 548 g/mol. The lowest BCUT2D eigenvalue weighted by atomic mass is 10.1. The third kappa shape index (κ3) is 4.86. The second-order valence-electron chi connectivity index (χ2n) is 8.24. The first kappa shape index (κ1) is 25.1. The van der Waals surface area contributed by atoms with Gasteiger partial charge in [0.25, 0.3) is 11.8 Å². The first-order chi connectivity index (χ1) is 18.2. The van der Waals surface area contributed by atoms with Crippen LogP contribution in [0.1, 0.15) is 31.2 Å². The molecule has 4 N–H and O–H groups in total. The van der Waals surface area contributed by atoms with Crippen molar-refractivity contribution in [2.75, 3.05) is 5.32 Å². The number of thiazole rings is 1. The number of benzene rings is 3. The molecule has 1 aliphatic rings. The zero-order valence-corrected chi connectivity index (χ0v) is 21.3. The Kier molecular flexibility index (Phi) is 6.66. The number of nitrogens with zero attached hydrogens (tertiary/aromatic N) is 1. The summed E-state index contributed by atoms with van der Waals surface area (Å²) in [5.41, 5.74) is 6.84. The van der Waals surface area contributed by atoms with E-state index in [2.05, 4.69) is 15.6 Å². The van der Waals surface area contributed by atoms with Gasteiger partial charge in [0.2, 0.25) is 9.84 Å². The molecule has 12 heteroatoms. The molecule has 0 fully saturated rings. The molecule has 0 bridgehead atoms. The van der Waals surface area contributed by atoms with Gasteiger partial charge < -0.3 is 21.1 Å². The van der Waals surface area contributed by atoms with Gasteiger partial charge in [-0.1, -0.05) is 36.4 Å². The van der Waals surface area contributed by atoms with Gasteiger partial charge in [0.1, 0.15) is 11.6 Å². The Bertz CT molecular complexity index is 1700. The first-order valence-corrected chi connectivity index (χ1v) is 13.6. The lowest BCUT2D eigenvalue weighted by Gasteiger charge is -2.10. The Balaban J connectivity index is 1.32. The molecule has 0 unspecified atom stereocenters. The summed E-state index contributed by atoms with van der Waals surface area (Å²) in [6.07, 6.45) is 0.759. The molecule has 1 aliphatic heterocycles. The van der Waals surface area contributed by atoms with Gasteiger partial charge in [-0.05, 0) is 35.9 Å². The van der Waals surface area contributed by atoms with Crippen molar-refractivity contribution in [3.8, 4) is 10.6 Å². The van der Waals surface area contributed by atoms with Crippen LogP contribution >= 0.6 is 11.3 Å². The highest BCUT2D eigenvalue weighted by Gasteiger charge is 2.31. The molecule has 0 spiro atoms. The van der Waals surface area contributed by atoms with Crippen LogP contribution in [-0.4, -0.2) is 31.3 Å². The number of aromatic nitrogens is 1. The van der Waals surface area contributed by atoms with Crippen LogP contribution in [0.25, 0.3) is 10.6 Å².